The molecule has 1 amide bonds. The van der Waals surface area contributed by atoms with E-state index in [1.807, 2.05) is 42.2 Å². The van der Waals surface area contributed by atoms with Gasteiger partial charge in [0.25, 0.3) is 0 Å². The van der Waals surface area contributed by atoms with Crippen LogP contribution in [0.5, 0.6) is 0 Å². The Morgan fingerprint density at radius 2 is 1.84 bits per heavy atom. The molecule has 2 rings (SSSR count). The van der Waals surface area contributed by atoms with Gasteiger partial charge < -0.3 is 10.0 Å². The Morgan fingerprint density at radius 3 is 2.37 bits per heavy atom. The highest BCUT2D eigenvalue weighted by molar-refractivity contribution is 5.95. The molecule has 1 aromatic rings. The molecular weight excluding hydrogens is 238 g/mol. The number of nitrogens with zero attached hydrogens (tertiary/aromatic N) is 1. The summed E-state index contributed by atoms with van der Waals surface area (Å²) in [5.41, 5.74) is 0.985. The van der Waals surface area contributed by atoms with Crippen LogP contribution >= 0.6 is 0 Å². The Kier molecular flexibility index (Phi) is 4.97. The number of anilines is 1. The van der Waals surface area contributed by atoms with Gasteiger partial charge in [0.1, 0.15) is 0 Å². The summed E-state index contributed by atoms with van der Waals surface area (Å²) >= 11 is 0. The molecule has 1 aliphatic rings. The maximum atomic E-state index is 12.6. The molecule has 0 heterocycles. The average Bonchev–Trinajstić information content (AvgIpc) is 2.49. The minimum Gasteiger partial charge on any atom is -0.396 e. The molecule has 104 valence electrons. The summed E-state index contributed by atoms with van der Waals surface area (Å²) in [6.07, 6.45) is 3.76. The predicted molar refractivity (Wildman–Crippen MR) is 77.0 cm³/mol. The molecule has 0 unspecified atom stereocenters. The monoisotopic (exact) mass is 261 g/mol. The molecule has 19 heavy (non-hydrogen) atoms. The molecule has 0 saturated heterocycles. The van der Waals surface area contributed by atoms with Gasteiger partial charge in [-0.3, -0.25) is 4.79 Å². The van der Waals surface area contributed by atoms with Crippen molar-refractivity contribution in [2.24, 2.45) is 11.8 Å². The normalized spacial score (nSPS) is 23.1. The van der Waals surface area contributed by atoms with Crippen molar-refractivity contribution in [3.05, 3.63) is 30.3 Å². The highest BCUT2D eigenvalue weighted by Gasteiger charge is 2.29. The van der Waals surface area contributed by atoms with E-state index in [1.165, 1.54) is 0 Å². The molecule has 0 aliphatic heterocycles. The van der Waals surface area contributed by atoms with Crippen molar-refractivity contribution in [2.45, 2.75) is 32.6 Å². The second kappa shape index (κ2) is 6.71. The smallest absolute Gasteiger partial charge is 0.230 e. The highest BCUT2D eigenvalue weighted by atomic mass is 16.3. The number of hydrogen-bond acceptors (Lipinski definition) is 2. The first-order valence-electron chi connectivity index (χ1n) is 7.23. The summed E-state index contributed by atoms with van der Waals surface area (Å²) in [4.78, 5) is 14.5. The molecule has 0 bridgehead atoms. The van der Waals surface area contributed by atoms with Crippen molar-refractivity contribution < 1.29 is 9.90 Å². The lowest BCUT2D eigenvalue weighted by atomic mass is 9.81. The minimum atomic E-state index is 0.128. The third-order valence-corrected chi connectivity index (χ3v) is 4.10. The van der Waals surface area contributed by atoms with Crippen molar-refractivity contribution in [2.75, 3.05) is 18.1 Å². The molecule has 3 heteroatoms. The molecule has 1 aromatic carbocycles. The molecular formula is C16H23NO2. The van der Waals surface area contributed by atoms with Gasteiger partial charge in [0.15, 0.2) is 0 Å². The number of aliphatic hydroxyl groups excluding tert-OH is 1. The number of benzene rings is 1. The maximum absolute atomic E-state index is 12.6. The second-order valence-corrected chi connectivity index (χ2v) is 5.32. The van der Waals surface area contributed by atoms with Crippen molar-refractivity contribution in [3.63, 3.8) is 0 Å². The van der Waals surface area contributed by atoms with E-state index in [0.29, 0.717) is 12.5 Å². The van der Waals surface area contributed by atoms with Crippen LogP contribution in [0.4, 0.5) is 5.69 Å². The maximum Gasteiger partial charge on any atom is 0.230 e. The summed E-state index contributed by atoms with van der Waals surface area (Å²) in [6.45, 7) is 2.99. The van der Waals surface area contributed by atoms with Crippen LogP contribution in [-0.4, -0.2) is 24.2 Å². The summed E-state index contributed by atoms with van der Waals surface area (Å²) in [6, 6.07) is 9.87. The molecule has 0 atom stereocenters. The van der Waals surface area contributed by atoms with Crippen molar-refractivity contribution in [3.8, 4) is 0 Å². The number of rotatable bonds is 4. The van der Waals surface area contributed by atoms with Crippen LogP contribution in [-0.2, 0) is 4.79 Å². The number of aliphatic hydroxyl groups is 1. The fourth-order valence-corrected chi connectivity index (χ4v) is 2.89. The highest BCUT2D eigenvalue weighted by Crippen LogP contribution is 2.30. The number of para-hydroxylation sites is 1. The van der Waals surface area contributed by atoms with Gasteiger partial charge in [-0.15, -0.1) is 0 Å². The van der Waals surface area contributed by atoms with Crippen molar-refractivity contribution in [1.82, 2.24) is 0 Å². The third-order valence-electron chi connectivity index (χ3n) is 4.10. The summed E-state index contributed by atoms with van der Waals surface area (Å²) in [7, 11) is 0. The molecule has 3 nitrogen and oxygen atoms in total. The van der Waals surface area contributed by atoms with Gasteiger partial charge in [0.05, 0.1) is 0 Å². The standard InChI is InChI=1S/C16H23NO2/c1-2-17(15-6-4-3-5-7-15)16(19)14-10-8-13(12-18)9-11-14/h3-7,13-14,18H,2,8-12H2,1H3. The van der Waals surface area contributed by atoms with Gasteiger partial charge in [-0.1, -0.05) is 18.2 Å². The quantitative estimate of drug-likeness (QED) is 0.905. The van der Waals surface area contributed by atoms with Crippen molar-refractivity contribution >= 4 is 11.6 Å². The lowest BCUT2D eigenvalue weighted by molar-refractivity contribution is -0.123. The largest absolute Gasteiger partial charge is 0.396 e. The Balaban J connectivity index is 2.02. The Bertz CT molecular complexity index is 396. The molecule has 1 N–H and O–H groups in total. The van der Waals surface area contributed by atoms with Gasteiger partial charge in [0, 0.05) is 24.8 Å². The fraction of sp³-hybridized carbons (Fsp3) is 0.562. The van der Waals surface area contributed by atoms with Crippen LogP contribution in [0.15, 0.2) is 30.3 Å². The third kappa shape index (κ3) is 3.35. The topological polar surface area (TPSA) is 40.5 Å². The fourth-order valence-electron chi connectivity index (χ4n) is 2.89. The lowest BCUT2D eigenvalue weighted by Gasteiger charge is -2.31. The van der Waals surface area contributed by atoms with E-state index in [9.17, 15) is 4.79 Å². The van der Waals surface area contributed by atoms with E-state index in [-0.39, 0.29) is 18.4 Å². The van der Waals surface area contributed by atoms with Crippen LogP contribution in [0.1, 0.15) is 32.6 Å². The SMILES string of the molecule is CCN(C(=O)C1CCC(CO)CC1)c1ccccc1. The number of amides is 1. The van der Waals surface area contributed by atoms with Crippen LogP contribution in [0.2, 0.25) is 0 Å². The number of hydrogen-bond donors (Lipinski definition) is 1. The average molecular weight is 261 g/mol. The lowest BCUT2D eigenvalue weighted by Crippen LogP contribution is -2.38. The van der Waals surface area contributed by atoms with E-state index < -0.39 is 0 Å². The van der Waals surface area contributed by atoms with E-state index >= 15 is 0 Å². The Hall–Kier alpha value is -1.35. The summed E-state index contributed by atoms with van der Waals surface area (Å²) < 4.78 is 0. The van der Waals surface area contributed by atoms with Crippen LogP contribution < -0.4 is 4.90 Å². The number of carbonyl (C=O) groups is 1. The van der Waals surface area contributed by atoms with Gasteiger partial charge in [0.2, 0.25) is 5.91 Å². The molecule has 1 fully saturated rings. The summed E-state index contributed by atoms with van der Waals surface area (Å²) in [5.74, 6) is 0.767. The van der Waals surface area contributed by atoms with Crippen molar-refractivity contribution in [1.29, 1.82) is 0 Å². The zero-order chi connectivity index (χ0) is 13.7. The number of carbonyl (C=O) groups excluding carboxylic acids is 1. The molecule has 1 aliphatic carbocycles. The molecule has 1 saturated carbocycles. The van der Waals surface area contributed by atoms with Crippen LogP contribution in [0.3, 0.4) is 0 Å². The predicted octanol–water partition coefficient (Wildman–Crippen LogP) is 2.84. The van der Waals surface area contributed by atoms with Gasteiger partial charge in [-0.2, -0.15) is 0 Å². The van der Waals surface area contributed by atoms with E-state index in [4.69, 9.17) is 5.11 Å². The molecule has 0 radical (unpaired) electrons. The Morgan fingerprint density at radius 1 is 1.21 bits per heavy atom. The van der Waals surface area contributed by atoms with E-state index in [2.05, 4.69) is 0 Å². The zero-order valence-electron chi connectivity index (χ0n) is 11.6. The van der Waals surface area contributed by atoms with Gasteiger partial charge in [-0.05, 0) is 50.7 Å². The second-order valence-electron chi connectivity index (χ2n) is 5.32. The summed E-state index contributed by atoms with van der Waals surface area (Å²) in [5, 5.41) is 9.15. The Labute approximate surface area is 115 Å². The first-order chi connectivity index (χ1) is 9.26. The molecule has 0 aromatic heterocycles. The van der Waals surface area contributed by atoms with E-state index in [0.717, 1.165) is 31.4 Å². The molecule has 0 spiro atoms. The zero-order valence-corrected chi connectivity index (χ0v) is 11.6. The first kappa shape index (κ1) is 14.1. The van der Waals surface area contributed by atoms with Crippen LogP contribution in [0.25, 0.3) is 0 Å². The van der Waals surface area contributed by atoms with Gasteiger partial charge in [-0.25, -0.2) is 0 Å². The van der Waals surface area contributed by atoms with E-state index in [1.54, 1.807) is 0 Å². The van der Waals surface area contributed by atoms with Crippen LogP contribution in [0, 0.1) is 11.8 Å². The first-order valence-corrected chi connectivity index (χ1v) is 7.23. The van der Waals surface area contributed by atoms with Gasteiger partial charge >= 0.3 is 0 Å². The minimum absolute atomic E-state index is 0.128.